The van der Waals surface area contributed by atoms with Gasteiger partial charge in [-0.3, -0.25) is 9.69 Å². The van der Waals surface area contributed by atoms with Gasteiger partial charge in [-0.2, -0.15) is 9.97 Å². The Morgan fingerprint density at radius 3 is 2.75 bits per heavy atom. The van der Waals surface area contributed by atoms with Crippen molar-refractivity contribution < 1.29 is 36.2 Å². The van der Waals surface area contributed by atoms with Crippen molar-refractivity contribution in [3.63, 3.8) is 0 Å². The molecule has 4 aromatic rings. The first-order valence-corrected chi connectivity index (χ1v) is 16.7. The average molecular weight is 710 g/mol. The molecule has 1 unspecified atom stereocenters. The van der Waals surface area contributed by atoms with Crippen LogP contribution in [0, 0.1) is 11.6 Å². The number of ether oxygens (including phenoxy) is 2. The van der Waals surface area contributed by atoms with Crippen LogP contribution in [0.5, 0.6) is 6.01 Å². The van der Waals surface area contributed by atoms with Crippen molar-refractivity contribution in [2.45, 2.75) is 43.0 Å². The molecule has 2 aromatic heterocycles. The molecule has 0 aliphatic carbocycles. The molecular formula is C31H29ClF5N7O3S. The third-order valence-corrected chi connectivity index (χ3v) is 10.7. The van der Waals surface area contributed by atoms with Crippen molar-refractivity contribution >= 4 is 60.9 Å². The van der Waals surface area contributed by atoms with Crippen LogP contribution in [0.2, 0.25) is 5.02 Å². The number of epoxide rings is 1. The second kappa shape index (κ2) is 11.5. The highest BCUT2D eigenvalue weighted by atomic mass is 35.5. The number of fused-ring (bicyclic) bond motifs is 3. The molecule has 48 heavy (non-hydrogen) atoms. The van der Waals surface area contributed by atoms with Gasteiger partial charge in [0.25, 0.3) is 11.8 Å². The summed E-state index contributed by atoms with van der Waals surface area (Å²) < 4.78 is 88.0. The van der Waals surface area contributed by atoms with Gasteiger partial charge >= 0.3 is 6.01 Å². The lowest BCUT2D eigenvalue weighted by atomic mass is 9.95. The average Bonchev–Trinajstić information content (AvgIpc) is 3.64. The van der Waals surface area contributed by atoms with Gasteiger partial charge in [-0.05, 0) is 37.6 Å². The lowest BCUT2D eigenvalue weighted by Gasteiger charge is -2.31. The van der Waals surface area contributed by atoms with E-state index in [-0.39, 0.29) is 93.5 Å². The van der Waals surface area contributed by atoms with Crippen LogP contribution in [0.4, 0.5) is 32.9 Å². The molecule has 4 saturated heterocycles. The quantitative estimate of drug-likeness (QED) is 0.217. The largest absolute Gasteiger partial charge is 0.461 e. The number of benzene rings is 2. The number of rotatable bonds is 6. The van der Waals surface area contributed by atoms with E-state index < -0.39 is 54.4 Å². The van der Waals surface area contributed by atoms with Crippen LogP contribution in [-0.2, 0) is 9.53 Å². The number of hydrogen-bond acceptors (Lipinski definition) is 10. The van der Waals surface area contributed by atoms with Gasteiger partial charge in [0.2, 0.25) is 0 Å². The van der Waals surface area contributed by atoms with Crippen LogP contribution >= 0.6 is 22.9 Å². The molecule has 4 aliphatic rings. The number of carbonyl (C=O) groups is 1. The molecule has 8 rings (SSSR count). The normalized spacial score (nSPS) is 25.5. The maximum absolute atomic E-state index is 16.8. The van der Waals surface area contributed by atoms with Gasteiger partial charge in [-0.25, -0.2) is 26.9 Å². The molecule has 254 valence electrons. The third kappa shape index (κ3) is 5.46. The Morgan fingerprint density at radius 2 is 1.96 bits per heavy atom. The number of carbonyl (C=O) groups excluding carboxylic acids is 1. The van der Waals surface area contributed by atoms with Gasteiger partial charge in [0.15, 0.2) is 17.1 Å². The smallest absolute Gasteiger partial charge is 0.319 e. The Balaban J connectivity index is 1.25. The van der Waals surface area contributed by atoms with Crippen LogP contribution in [-0.4, -0.2) is 107 Å². The second-order valence-electron chi connectivity index (χ2n) is 12.8. The molecule has 3 atom stereocenters. The van der Waals surface area contributed by atoms with Crippen molar-refractivity contribution in [3.05, 3.63) is 34.9 Å². The van der Waals surface area contributed by atoms with Crippen molar-refractivity contribution in [1.29, 1.82) is 0 Å². The summed E-state index contributed by atoms with van der Waals surface area (Å²) in [5.41, 5.74) is 5.10. The van der Waals surface area contributed by atoms with Crippen molar-refractivity contribution in [2.24, 2.45) is 0 Å². The fourth-order valence-electron chi connectivity index (χ4n) is 7.33. The first kappa shape index (κ1) is 31.7. The summed E-state index contributed by atoms with van der Waals surface area (Å²) in [5.74, 6) is -5.49. The zero-order chi connectivity index (χ0) is 33.5. The monoisotopic (exact) mass is 709 g/mol. The molecule has 2 aromatic carbocycles. The van der Waals surface area contributed by atoms with Gasteiger partial charge in [0.05, 0.1) is 40.5 Å². The fourth-order valence-corrected chi connectivity index (χ4v) is 8.38. The van der Waals surface area contributed by atoms with Crippen LogP contribution in [0.1, 0.15) is 19.3 Å². The van der Waals surface area contributed by atoms with E-state index in [2.05, 4.69) is 15.0 Å². The van der Waals surface area contributed by atoms with E-state index in [4.69, 9.17) is 26.8 Å². The van der Waals surface area contributed by atoms with E-state index >= 15 is 13.2 Å². The molecule has 2 N–H and O–H groups in total. The van der Waals surface area contributed by atoms with Gasteiger partial charge in [0.1, 0.15) is 29.9 Å². The summed E-state index contributed by atoms with van der Waals surface area (Å²) in [6.07, 6.45) is 0.0344. The number of anilines is 2. The molecule has 1 amide bonds. The first-order valence-electron chi connectivity index (χ1n) is 15.5. The SMILES string of the molecule is Nc1nc2c(-c3c(Cl)cc4c(N5CCN(C(=O)C6CO6)CC(F)(F)C5)nc(OC[C@@]56CCCN5C[C@H](F)C6)nc4c3F)ccc(F)c2s1. The van der Waals surface area contributed by atoms with Crippen molar-refractivity contribution in [3.8, 4) is 17.1 Å². The molecule has 0 bridgehead atoms. The predicted octanol–water partition coefficient (Wildman–Crippen LogP) is 5.06. The fraction of sp³-hybridized carbons (Fsp3) is 0.484. The summed E-state index contributed by atoms with van der Waals surface area (Å²) in [7, 11) is 0. The first-order chi connectivity index (χ1) is 22.9. The Morgan fingerprint density at radius 1 is 1.15 bits per heavy atom. The molecule has 17 heteroatoms. The highest BCUT2D eigenvalue weighted by molar-refractivity contribution is 7.22. The van der Waals surface area contributed by atoms with E-state index in [0.717, 1.165) is 28.7 Å². The lowest BCUT2D eigenvalue weighted by Crippen LogP contribution is -2.43. The number of hydrogen-bond donors (Lipinski definition) is 1. The van der Waals surface area contributed by atoms with E-state index in [1.807, 2.05) is 4.90 Å². The summed E-state index contributed by atoms with van der Waals surface area (Å²) in [6.45, 7) is -0.630. The van der Waals surface area contributed by atoms with Crippen LogP contribution in [0.25, 0.3) is 32.2 Å². The van der Waals surface area contributed by atoms with Gasteiger partial charge in [-0.15, -0.1) is 0 Å². The summed E-state index contributed by atoms with van der Waals surface area (Å²) in [4.78, 5) is 30.1. The molecule has 10 nitrogen and oxygen atoms in total. The minimum Gasteiger partial charge on any atom is -0.461 e. The zero-order valence-electron chi connectivity index (χ0n) is 25.3. The number of nitrogens with zero attached hydrogens (tertiary/aromatic N) is 6. The molecule has 0 saturated carbocycles. The lowest BCUT2D eigenvalue weighted by molar-refractivity contribution is -0.136. The Hall–Kier alpha value is -3.60. The second-order valence-corrected chi connectivity index (χ2v) is 14.3. The van der Waals surface area contributed by atoms with Gasteiger partial charge in [-0.1, -0.05) is 22.9 Å². The Bertz CT molecular complexity index is 1970. The molecule has 6 heterocycles. The molecule has 0 spiro atoms. The molecule has 4 fully saturated rings. The van der Waals surface area contributed by atoms with E-state index in [0.29, 0.717) is 13.0 Å². The van der Waals surface area contributed by atoms with Crippen LogP contribution in [0.15, 0.2) is 18.2 Å². The van der Waals surface area contributed by atoms with E-state index in [9.17, 15) is 13.6 Å². The summed E-state index contributed by atoms with van der Waals surface area (Å²) >= 11 is 7.60. The van der Waals surface area contributed by atoms with Crippen LogP contribution < -0.4 is 15.4 Å². The van der Waals surface area contributed by atoms with Crippen LogP contribution in [0.3, 0.4) is 0 Å². The maximum Gasteiger partial charge on any atom is 0.319 e. The number of nitrogen functional groups attached to an aromatic ring is 1. The Labute approximate surface area is 279 Å². The maximum atomic E-state index is 16.8. The third-order valence-electron chi connectivity index (χ3n) is 9.56. The highest BCUT2D eigenvalue weighted by Crippen LogP contribution is 2.44. The topological polar surface area (TPSA) is 113 Å². The number of nitrogens with two attached hydrogens (primary N) is 1. The summed E-state index contributed by atoms with van der Waals surface area (Å²) in [6, 6.07) is 3.56. The number of alkyl halides is 3. The van der Waals surface area contributed by atoms with E-state index in [1.165, 1.54) is 17.0 Å². The Kier molecular flexibility index (Phi) is 7.58. The van der Waals surface area contributed by atoms with Crippen molar-refractivity contribution in [2.75, 3.05) is 63.1 Å². The molecular weight excluding hydrogens is 681 g/mol. The minimum absolute atomic E-state index is 0.0109. The number of halogens is 6. The van der Waals surface area contributed by atoms with Gasteiger partial charge < -0.3 is 25.0 Å². The highest BCUT2D eigenvalue weighted by Gasteiger charge is 2.49. The standard InChI is InChI=1S/C31H29ClF5N7O3S/c32-18-8-17-23(22(35)21(18)16-2-3-19(34)25-24(16)39-28(38)48-25)40-29(47-14-30-4-1-5-44(30)10-15(33)9-30)41-26(17)42-6-7-43(13-31(36,37)12-42)27(45)20-11-46-20/h2-3,8,15,20H,1,4-7,9-14H2,(H2,38,39)/t15-,20?,30+/m1/s1. The summed E-state index contributed by atoms with van der Waals surface area (Å²) in [5, 5.41) is -0.0292. The molecule has 0 radical (unpaired) electrons. The van der Waals surface area contributed by atoms with Crippen molar-refractivity contribution in [1.82, 2.24) is 24.8 Å². The number of amides is 1. The zero-order valence-corrected chi connectivity index (χ0v) is 26.9. The number of thiazole rings is 1. The van der Waals surface area contributed by atoms with E-state index in [1.54, 1.807) is 0 Å². The predicted molar refractivity (Wildman–Crippen MR) is 170 cm³/mol. The number of aromatic nitrogens is 3. The van der Waals surface area contributed by atoms with Gasteiger partial charge in [0, 0.05) is 42.6 Å². The molecule has 4 aliphatic heterocycles. The minimum atomic E-state index is -3.37.